The summed E-state index contributed by atoms with van der Waals surface area (Å²) in [5.41, 5.74) is 3.50. The van der Waals surface area contributed by atoms with Crippen LogP contribution in [0.1, 0.15) is 18.7 Å². The molecule has 0 aliphatic heterocycles. The Balaban J connectivity index is 2.40. The van der Waals surface area contributed by atoms with Crippen molar-refractivity contribution in [3.63, 3.8) is 0 Å². The lowest BCUT2D eigenvalue weighted by Gasteiger charge is -2.04. The second kappa shape index (κ2) is 3.66. The summed E-state index contributed by atoms with van der Waals surface area (Å²) in [4.78, 5) is 22.6. The van der Waals surface area contributed by atoms with Crippen molar-refractivity contribution in [2.24, 2.45) is 5.84 Å². The fraction of sp³-hybridized carbons (Fsp3) is 0.222. The first-order valence-corrected chi connectivity index (χ1v) is 4.53. The van der Waals surface area contributed by atoms with Gasteiger partial charge >= 0.3 is 0 Å². The van der Waals surface area contributed by atoms with Crippen LogP contribution < -0.4 is 11.3 Å². The van der Waals surface area contributed by atoms with Crippen LogP contribution in [-0.2, 0) is 4.79 Å². The molecule has 2 aromatic rings. The lowest BCUT2D eigenvalue weighted by molar-refractivity contribution is -0.122. The van der Waals surface area contributed by atoms with E-state index >= 15 is 0 Å². The number of hydrogen-bond donors (Lipinski definition) is 3. The van der Waals surface area contributed by atoms with Gasteiger partial charge in [-0.25, -0.2) is 15.8 Å². The van der Waals surface area contributed by atoms with Gasteiger partial charge in [0.05, 0.1) is 11.4 Å². The minimum atomic E-state index is -0.413. The number of nitrogens with zero attached hydrogens (tertiary/aromatic N) is 2. The number of carbonyl (C=O) groups excluding carboxylic acids is 1. The van der Waals surface area contributed by atoms with E-state index in [1.807, 2.05) is 6.07 Å². The highest BCUT2D eigenvalue weighted by atomic mass is 16.2. The van der Waals surface area contributed by atoms with E-state index in [2.05, 4.69) is 20.4 Å². The van der Waals surface area contributed by atoms with Crippen LogP contribution in [0.5, 0.6) is 0 Å². The van der Waals surface area contributed by atoms with Gasteiger partial charge in [-0.05, 0) is 19.1 Å². The van der Waals surface area contributed by atoms with Crippen molar-refractivity contribution in [3.05, 3.63) is 24.2 Å². The van der Waals surface area contributed by atoms with Gasteiger partial charge in [0.15, 0.2) is 5.65 Å². The van der Waals surface area contributed by atoms with Crippen molar-refractivity contribution in [3.8, 4) is 0 Å². The Labute approximate surface area is 85.9 Å². The van der Waals surface area contributed by atoms with Gasteiger partial charge in [0.1, 0.15) is 5.82 Å². The molecule has 4 N–H and O–H groups in total. The molecule has 6 nitrogen and oxygen atoms in total. The largest absolute Gasteiger partial charge is 0.340 e. The molecule has 6 heteroatoms. The van der Waals surface area contributed by atoms with E-state index in [1.165, 1.54) is 0 Å². The molecule has 15 heavy (non-hydrogen) atoms. The van der Waals surface area contributed by atoms with Crippen LogP contribution in [-0.4, -0.2) is 20.9 Å². The number of H-pyrrole nitrogens is 1. The minimum Gasteiger partial charge on any atom is -0.340 e. The smallest absolute Gasteiger partial charge is 0.244 e. The number of nitrogens with one attached hydrogen (secondary N) is 2. The standard InChI is InChI=1S/C9H11N5O/c1-5(9(15)14-10)7-12-6-3-2-4-11-8(6)13-7/h2-5H,10H2,1H3,(H,14,15)(H,11,12,13). The van der Waals surface area contributed by atoms with Crippen LogP contribution >= 0.6 is 0 Å². The topological polar surface area (TPSA) is 96.7 Å². The van der Waals surface area contributed by atoms with Crippen molar-refractivity contribution in [2.75, 3.05) is 0 Å². The predicted octanol–water partition coefficient (Wildman–Crippen LogP) is 0.0513. The third kappa shape index (κ3) is 1.66. The number of pyridine rings is 1. The summed E-state index contributed by atoms with van der Waals surface area (Å²) in [5, 5.41) is 0. The molecule has 0 radical (unpaired) electrons. The molecular weight excluding hydrogens is 194 g/mol. The predicted molar refractivity (Wildman–Crippen MR) is 54.6 cm³/mol. The van der Waals surface area contributed by atoms with E-state index in [-0.39, 0.29) is 5.91 Å². The van der Waals surface area contributed by atoms with Crippen LogP contribution in [0.15, 0.2) is 18.3 Å². The normalized spacial score (nSPS) is 12.7. The third-order valence-electron chi connectivity index (χ3n) is 2.22. The highest BCUT2D eigenvalue weighted by molar-refractivity contribution is 5.83. The van der Waals surface area contributed by atoms with Gasteiger partial charge in [-0.2, -0.15) is 0 Å². The maximum Gasteiger partial charge on any atom is 0.244 e. The van der Waals surface area contributed by atoms with Crippen LogP contribution in [0, 0.1) is 0 Å². The van der Waals surface area contributed by atoms with Crippen molar-refractivity contribution in [1.29, 1.82) is 0 Å². The highest BCUT2D eigenvalue weighted by Crippen LogP contribution is 2.15. The van der Waals surface area contributed by atoms with Gasteiger partial charge in [0.2, 0.25) is 5.91 Å². The van der Waals surface area contributed by atoms with Gasteiger partial charge < -0.3 is 4.98 Å². The number of hydrogen-bond acceptors (Lipinski definition) is 4. The lowest BCUT2D eigenvalue weighted by Crippen LogP contribution is -2.34. The number of nitrogens with two attached hydrogens (primary N) is 1. The molecule has 0 bridgehead atoms. The fourth-order valence-corrected chi connectivity index (χ4v) is 1.32. The Hall–Kier alpha value is -1.95. The number of hydrazine groups is 1. The maximum atomic E-state index is 11.3. The van der Waals surface area contributed by atoms with E-state index < -0.39 is 5.92 Å². The first-order chi connectivity index (χ1) is 7.22. The van der Waals surface area contributed by atoms with Crippen molar-refractivity contribution >= 4 is 17.1 Å². The summed E-state index contributed by atoms with van der Waals surface area (Å²) in [6.07, 6.45) is 1.65. The number of aromatic nitrogens is 3. The van der Waals surface area contributed by atoms with Crippen molar-refractivity contribution in [2.45, 2.75) is 12.8 Å². The molecule has 2 rings (SSSR count). The molecular formula is C9H11N5O. The molecule has 0 aliphatic carbocycles. The van der Waals surface area contributed by atoms with Crippen LogP contribution in [0.4, 0.5) is 0 Å². The summed E-state index contributed by atoms with van der Waals surface area (Å²) in [5.74, 6) is 4.91. The molecule has 2 heterocycles. The van der Waals surface area contributed by atoms with Crippen LogP contribution in [0.3, 0.4) is 0 Å². The number of rotatable bonds is 2. The second-order valence-corrected chi connectivity index (χ2v) is 3.23. The van der Waals surface area contributed by atoms with Gasteiger partial charge in [0.25, 0.3) is 0 Å². The number of carbonyl (C=O) groups is 1. The van der Waals surface area contributed by atoms with E-state index in [9.17, 15) is 4.79 Å². The minimum absolute atomic E-state index is 0.283. The van der Waals surface area contributed by atoms with E-state index in [0.29, 0.717) is 11.5 Å². The molecule has 1 atom stereocenters. The van der Waals surface area contributed by atoms with Gasteiger partial charge in [-0.1, -0.05) is 0 Å². The zero-order valence-electron chi connectivity index (χ0n) is 8.19. The second-order valence-electron chi connectivity index (χ2n) is 3.23. The summed E-state index contributed by atoms with van der Waals surface area (Å²) in [6.45, 7) is 1.72. The number of fused-ring (bicyclic) bond motifs is 1. The molecule has 0 aliphatic rings. The Morgan fingerprint density at radius 2 is 2.47 bits per heavy atom. The number of amides is 1. The quantitative estimate of drug-likeness (QED) is 0.366. The van der Waals surface area contributed by atoms with Crippen LogP contribution in [0.25, 0.3) is 11.2 Å². The Morgan fingerprint density at radius 3 is 3.13 bits per heavy atom. The fourth-order valence-electron chi connectivity index (χ4n) is 1.32. The van der Waals surface area contributed by atoms with E-state index in [4.69, 9.17) is 5.84 Å². The summed E-state index contributed by atoms with van der Waals surface area (Å²) in [7, 11) is 0. The molecule has 0 saturated heterocycles. The number of aromatic amines is 1. The summed E-state index contributed by atoms with van der Waals surface area (Å²) < 4.78 is 0. The third-order valence-corrected chi connectivity index (χ3v) is 2.22. The van der Waals surface area contributed by atoms with Crippen molar-refractivity contribution in [1.82, 2.24) is 20.4 Å². The molecule has 0 fully saturated rings. The summed E-state index contributed by atoms with van der Waals surface area (Å²) >= 11 is 0. The summed E-state index contributed by atoms with van der Waals surface area (Å²) in [6, 6.07) is 3.66. The molecule has 0 aromatic carbocycles. The molecule has 2 aromatic heterocycles. The molecule has 0 spiro atoms. The lowest BCUT2D eigenvalue weighted by atomic mass is 10.1. The molecule has 0 saturated carbocycles. The van der Waals surface area contributed by atoms with E-state index in [1.54, 1.807) is 19.2 Å². The molecule has 1 unspecified atom stereocenters. The zero-order valence-corrected chi connectivity index (χ0v) is 8.19. The zero-order chi connectivity index (χ0) is 10.8. The van der Waals surface area contributed by atoms with E-state index in [0.717, 1.165) is 5.52 Å². The Bertz CT molecular complexity index is 459. The van der Waals surface area contributed by atoms with Crippen LogP contribution in [0.2, 0.25) is 0 Å². The average molecular weight is 205 g/mol. The average Bonchev–Trinajstić information content (AvgIpc) is 2.70. The highest BCUT2D eigenvalue weighted by Gasteiger charge is 2.17. The van der Waals surface area contributed by atoms with Gasteiger partial charge in [-0.15, -0.1) is 0 Å². The SMILES string of the molecule is CC(C(=O)NN)c1nc2ncccc2[nH]1. The number of imidazole rings is 1. The first-order valence-electron chi connectivity index (χ1n) is 4.53. The molecule has 78 valence electrons. The Kier molecular flexibility index (Phi) is 2.34. The first kappa shape index (κ1) is 9.60. The molecule has 1 amide bonds. The van der Waals surface area contributed by atoms with Gasteiger partial charge in [0, 0.05) is 6.20 Å². The maximum absolute atomic E-state index is 11.3. The Morgan fingerprint density at radius 1 is 1.67 bits per heavy atom. The van der Waals surface area contributed by atoms with Gasteiger partial charge in [-0.3, -0.25) is 10.2 Å². The van der Waals surface area contributed by atoms with Crippen molar-refractivity contribution < 1.29 is 4.79 Å². The monoisotopic (exact) mass is 205 g/mol.